The highest BCUT2D eigenvalue weighted by molar-refractivity contribution is 5.90. The average molecular weight is 211 g/mol. The Kier molecular flexibility index (Phi) is 3.20. The fourth-order valence-electron chi connectivity index (χ4n) is 2.09. The Morgan fingerprint density at radius 1 is 1.33 bits per heavy atom. The fourth-order valence-corrected chi connectivity index (χ4v) is 2.09. The van der Waals surface area contributed by atoms with E-state index in [1.165, 1.54) is 0 Å². The van der Waals surface area contributed by atoms with Crippen molar-refractivity contribution in [1.82, 2.24) is 15.5 Å². The van der Waals surface area contributed by atoms with Gasteiger partial charge in [0.05, 0.1) is 0 Å². The standard InChI is InChI=1S/C10H17N3O2/c14-9-3-2-8(12-9)10(15)13-6-1-4-11-5-7-13/h8,11H,1-7H2,(H,12,14)/t8-/m0/s1. The minimum atomic E-state index is -0.268. The summed E-state index contributed by atoms with van der Waals surface area (Å²) >= 11 is 0. The number of hydrogen-bond donors (Lipinski definition) is 2. The molecule has 1 atom stereocenters. The normalized spacial score (nSPS) is 27.3. The lowest BCUT2D eigenvalue weighted by molar-refractivity contribution is -0.134. The van der Waals surface area contributed by atoms with Crippen LogP contribution in [0.3, 0.4) is 0 Å². The molecule has 0 saturated carbocycles. The second kappa shape index (κ2) is 4.61. The van der Waals surface area contributed by atoms with E-state index in [1.54, 1.807) is 0 Å². The number of carbonyl (C=O) groups excluding carboxylic acids is 2. The molecule has 0 unspecified atom stereocenters. The first-order valence-electron chi connectivity index (χ1n) is 5.56. The summed E-state index contributed by atoms with van der Waals surface area (Å²) in [5, 5.41) is 5.97. The second-order valence-corrected chi connectivity index (χ2v) is 4.09. The van der Waals surface area contributed by atoms with E-state index >= 15 is 0 Å². The van der Waals surface area contributed by atoms with Crippen LogP contribution >= 0.6 is 0 Å². The first-order valence-corrected chi connectivity index (χ1v) is 5.56. The lowest BCUT2D eigenvalue weighted by atomic mass is 10.2. The molecule has 2 rings (SSSR count). The Morgan fingerprint density at radius 3 is 2.93 bits per heavy atom. The van der Waals surface area contributed by atoms with Crippen LogP contribution in [0.5, 0.6) is 0 Å². The van der Waals surface area contributed by atoms with Crippen molar-refractivity contribution in [2.75, 3.05) is 26.2 Å². The molecule has 2 aliphatic heterocycles. The monoisotopic (exact) mass is 211 g/mol. The molecule has 0 aromatic heterocycles. The van der Waals surface area contributed by atoms with Crippen LogP contribution in [0.25, 0.3) is 0 Å². The predicted molar refractivity (Wildman–Crippen MR) is 55.2 cm³/mol. The molecule has 5 heteroatoms. The lowest BCUT2D eigenvalue weighted by Crippen LogP contribution is -2.45. The van der Waals surface area contributed by atoms with Crippen molar-refractivity contribution in [3.8, 4) is 0 Å². The van der Waals surface area contributed by atoms with Crippen molar-refractivity contribution in [3.05, 3.63) is 0 Å². The molecular formula is C10H17N3O2. The van der Waals surface area contributed by atoms with E-state index < -0.39 is 0 Å². The van der Waals surface area contributed by atoms with Crippen LogP contribution in [-0.4, -0.2) is 48.9 Å². The van der Waals surface area contributed by atoms with Gasteiger partial charge in [-0.25, -0.2) is 0 Å². The third kappa shape index (κ3) is 2.47. The molecule has 5 nitrogen and oxygen atoms in total. The SMILES string of the molecule is O=C1CC[C@@H](C(=O)N2CCCNCC2)N1. The molecule has 0 aromatic carbocycles. The molecule has 84 valence electrons. The molecule has 15 heavy (non-hydrogen) atoms. The van der Waals surface area contributed by atoms with Crippen LogP contribution < -0.4 is 10.6 Å². The van der Waals surface area contributed by atoms with Gasteiger partial charge in [0, 0.05) is 26.1 Å². The number of amides is 2. The highest BCUT2D eigenvalue weighted by atomic mass is 16.2. The highest BCUT2D eigenvalue weighted by Gasteiger charge is 2.30. The van der Waals surface area contributed by atoms with Crippen molar-refractivity contribution < 1.29 is 9.59 Å². The summed E-state index contributed by atoms with van der Waals surface area (Å²) in [5.41, 5.74) is 0. The zero-order valence-electron chi connectivity index (χ0n) is 8.79. The van der Waals surface area contributed by atoms with E-state index in [0.29, 0.717) is 12.8 Å². The maximum Gasteiger partial charge on any atom is 0.245 e. The third-order valence-electron chi connectivity index (χ3n) is 2.95. The molecular weight excluding hydrogens is 194 g/mol. The Morgan fingerprint density at radius 2 is 2.20 bits per heavy atom. The van der Waals surface area contributed by atoms with Crippen LogP contribution in [-0.2, 0) is 9.59 Å². The summed E-state index contributed by atoms with van der Waals surface area (Å²) in [6, 6.07) is -0.268. The van der Waals surface area contributed by atoms with Gasteiger partial charge in [-0.15, -0.1) is 0 Å². The van der Waals surface area contributed by atoms with Crippen molar-refractivity contribution in [3.63, 3.8) is 0 Å². The Labute approximate surface area is 89.2 Å². The third-order valence-corrected chi connectivity index (χ3v) is 2.95. The molecule has 2 aliphatic rings. The number of nitrogens with zero attached hydrogens (tertiary/aromatic N) is 1. The first-order chi connectivity index (χ1) is 7.27. The van der Waals surface area contributed by atoms with Crippen LogP contribution in [0.4, 0.5) is 0 Å². The summed E-state index contributed by atoms with van der Waals surface area (Å²) < 4.78 is 0. The topological polar surface area (TPSA) is 61.4 Å². The van der Waals surface area contributed by atoms with Gasteiger partial charge < -0.3 is 15.5 Å². The van der Waals surface area contributed by atoms with Crippen molar-refractivity contribution in [2.45, 2.75) is 25.3 Å². The molecule has 2 fully saturated rings. The smallest absolute Gasteiger partial charge is 0.245 e. The fraction of sp³-hybridized carbons (Fsp3) is 0.800. The van der Waals surface area contributed by atoms with Crippen LogP contribution in [0.15, 0.2) is 0 Å². The van der Waals surface area contributed by atoms with E-state index in [2.05, 4.69) is 10.6 Å². The molecule has 0 spiro atoms. The lowest BCUT2D eigenvalue weighted by Gasteiger charge is -2.23. The first kappa shape index (κ1) is 10.4. The molecule has 0 aromatic rings. The highest BCUT2D eigenvalue weighted by Crippen LogP contribution is 2.10. The van der Waals surface area contributed by atoms with Crippen LogP contribution in [0.1, 0.15) is 19.3 Å². The molecule has 2 heterocycles. The predicted octanol–water partition coefficient (Wildman–Crippen LogP) is -0.913. The minimum absolute atomic E-state index is 0.00120. The Balaban J connectivity index is 1.91. The molecule has 2 N–H and O–H groups in total. The van der Waals surface area contributed by atoms with Gasteiger partial charge in [0.25, 0.3) is 0 Å². The molecule has 2 saturated heterocycles. The minimum Gasteiger partial charge on any atom is -0.344 e. The zero-order chi connectivity index (χ0) is 10.7. The van der Waals surface area contributed by atoms with E-state index in [4.69, 9.17) is 0 Å². The summed E-state index contributed by atoms with van der Waals surface area (Å²) in [6.07, 6.45) is 2.14. The number of hydrogen-bond acceptors (Lipinski definition) is 3. The number of carbonyl (C=O) groups is 2. The van der Waals surface area contributed by atoms with Crippen LogP contribution in [0, 0.1) is 0 Å². The molecule has 2 amide bonds. The number of nitrogens with one attached hydrogen (secondary N) is 2. The van der Waals surface area contributed by atoms with E-state index in [9.17, 15) is 9.59 Å². The van der Waals surface area contributed by atoms with Crippen molar-refractivity contribution in [1.29, 1.82) is 0 Å². The van der Waals surface area contributed by atoms with Gasteiger partial charge in [-0.1, -0.05) is 0 Å². The molecule has 0 aliphatic carbocycles. The Bertz CT molecular complexity index is 259. The van der Waals surface area contributed by atoms with Gasteiger partial charge >= 0.3 is 0 Å². The zero-order valence-corrected chi connectivity index (χ0v) is 8.79. The van der Waals surface area contributed by atoms with Crippen molar-refractivity contribution >= 4 is 11.8 Å². The van der Waals surface area contributed by atoms with E-state index in [-0.39, 0.29) is 17.9 Å². The Hall–Kier alpha value is -1.10. The van der Waals surface area contributed by atoms with E-state index in [0.717, 1.165) is 32.6 Å². The number of rotatable bonds is 1. The average Bonchev–Trinajstić information content (AvgIpc) is 2.53. The summed E-state index contributed by atoms with van der Waals surface area (Å²) in [7, 11) is 0. The van der Waals surface area contributed by atoms with Crippen LogP contribution in [0.2, 0.25) is 0 Å². The van der Waals surface area contributed by atoms with Gasteiger partial charge in [-0.3, -0.25) is 9.59 Å². The molecule has 0 bridgehead atoms. The van der Waals surface area contributed by atoms with E-state index in [1.807, 2.05) is 4.90 Å². The van der Waals surface area contributed by atoms with Gasteiger partial charge in [0.15, 0.2) is 0 Å². The summed E-state index contributed by atoms with van der Waals surface area (Å²) in [5.74, 6) is 0.0887. The van der Waals surface area contributed by atoms with Gasteiger partial charge in [0.2, 0.25) is 11.8 Å². The maximum atomic E-state index is 12.0. The summed E-state index contributed by atoms with van der Waals surface area (Å²) in [6.45, 7) is 3.39. The van der Waals surface area contributed by atoms with Gasteiger partial charge in [-0.05, 0) is 19.4 Å². The quantitative estimate of drug-likeness (QED) is 0.590. The van der Waals surface area contributed by atoms with Gasteiger partial charge in [0.1, 0.15) is 6.04 Å². The van der Waals surface area contributed by atoms with Gasteiger partial charge in [-0.2, -0.15) is 0 Å². The summed E-state index contributed by atoms with van der Waals surface area (Å²) in [4.78, 5) is 24.9. The molecule has 0 radical (unpaired) electrons. The van der Waals surface area contributed by atoms with Crippen molar-refractivity contribution in [2.24, 2.45) is 0 Å². The second-order valence-electron chi connectivity index (χ2n) is 4.09. The maximum absolute atomic E-state index is 12.0. The largest absolute Gasteiger partial charge is 0.344 e.